The van der Waals surface area contributed by atoms with Crippen molar-refractivity contribution in [2.45, 2.75) is 11.3 Å². The average Bonchev–Trinajstić information content (AvgIpc) is 2.30. The highest BCUT2D eigenvalue weighted by molar-refractivity contribution is 7.91. The minimum absolute atomic E-state index is 0.129. The highest BCUT2D eigenvalue weighted by Crippen LogP contribution is 2.13. The van der Waals surface area contributed by atoms with Crippen LogP contribution in [-0.2, 0) is 10.0 Å². The molecule has 0 saturated heterocycles. The molecular formula is C5H6N2O3S2. The molecule has 1 aromatic rings. The molecule has 0 saturated carbocycles. The number of hydrogen-bond donors (Lipinski definition) is 1. The van der Waals surface area contributed by atoms with Gasteiger partial charge in [-0.25, -0.2) is 18.5 Å². The first kappa shape index (κ1) is 9.30. The first-order valence-electron chi connectivity index (χ1n) is 2.90. The molecule has 66 valence electrons. The van der Waals surface area contributed by atoms with Gasteiger partial charge in [0.05, 0.1) is 0 Å². The molecule has 0 aliphatic carbocycles. The van der Waals surface area contributed by atoms with Crippen LogP contribution in [0.3, 0.4) is 0 Å². The fourth-order valence-electron chi connectivity index (χ4n) is 0.550. The van der Waals surface area contributed by atoms with Crippen LogP contribution in [-0.4, -0.2) is 19.2 Å². The summed E-state index contributed by atoms with van der Waals surface area (Å²) < 4.78 is 21.1. The molecule has 0 spiro atoms. The van der Waals surface area contributed by atoms with E-state index in [1.165, 1.54) is 12.3 Å². The number of hydrogen-bond acceptors (Lipinski definition) is 5. The molecule has 0 bridgehead atoms. The molecule has 0 unspecified atom stereocenters. The first-order chi connectivity index (χ1) is 5.41. The molecular weight excluding hydrogens is 200 g/mol. The van der Waals surface area contributed by atoms with Crippen molar-refractivity contribution in [2.24, 2.45) is 5.14 Å². The van der Waals surface area contributed by atoms with Gasteiger partial charge in [-0.05, 0) is 0 Å². The quantitative estimate of drug-likeness (QED) is 0.689. The Balaban J connectivity index is 3.17. The van der Waals surface area contributed by atoms with E-state index in [1.807, 2.05) is 0 Å². The van der Waals surface area contributed by atoms with Gasteiger partial charge < -0.3 is 0 Å². The number of primary sulfonamides is 1. The largest absolute Gasteiger partial charge is 0.293 e. The maximum absolute atomic E-state index is 10.7. The van der Waals surface area contributed by atoms with Crippen LogP contribution in [0.15, 0.2) is 9.72 Å². The molecule has 5 nitrogen and oxygen atoms in total. The van der Waals surface area contributed by atoms with Gasteiger partial charge in [0.1, 0.15) is 5.69 Å². The number of nitrogens with two attached hydrogens (primary N) is 1. The summed E-state index contributed by atoms with van der Waals surface area (Å²) in [6, 6.07) is 0. The van der Waals surface area contributed by atoms with Crippen molar-refractivity contribution in [3.05, 3.63) is 11.1 Å². The Morgan fingerprint density at radius 3 is 2.50 bits per heavy atom. The molecule has 0 aliphatic heterocycles. The predicted molar refractivity (Wildman–Crippen MR) is 43.5 cm³/mol. The summed E-state index contributed by atoms with van der Waals surface area (Å²) in [6.45, 7) is 1.31. The smallest absolute Gasteiger partial charge is 0.265 e. The van der Waals surface area contributed by atoms with Crippen LogP contribution in [0.2, 0.25) is 0 Å². The lowest BCUT2D eigenvalue weighted by atomic mass is 10.4. The van der Waals surface area contributed by atoms with Crippen LogP contribution < -0.4 is 5.14 Å². The van der Waals surface area contributed by atoms with Crippen molar-refractivity contribution >= 4 is 27.1 Å². The van der Waals surface area contributed by atoms with Gasteiger partial charge >= 0.3 is 0 Å². The summed E-state index contributed by atoms with van der Waals surface area (Å²) in [5, 5.41) is 6.14. The van der Waals surface area contributed by atoms with E-state index in [1.54, 1.807) is 0 Å². The number of thiazole rings is 1. The Labute approximate surface area is 73.3 Å². The van der Waals surface area contributed by atoms with Gasteiger partial charge in [-0.3, -0.25) is 4.79 Å². The SMILES string of the molecule is CC(=O)c1csc(S(N)(=O)=O)n1. The molecule has 0 aliphatic rings. The molecule has 0 amide bonds. The fourth-order valence-corrected chi connectivity index (χ4v) is 2.04. The molecule has 1 rings (SSSR count). The number of carbonyl (C=O) groups excluding carboxylic acids is 1. The third-order valence-corrected chi connectivity index (χ3v) is 3.28. The lowest BCUT2D eigenvalue weighted by Gasteiger charge is -1.87. The lowest BCUT2D eigenvalue weighted by molar-refractivity contribution is 0.101. The molecule has 12 heavy (non-hydrogen) atoms. The fraction of sp³-hybridized carbons (Fsp3) is 0.200. The van der Waals surface area contributed by atoms with Crippen LogP contribution in [0.1, 0.15) is 17.4 Å². The zero-order valence-electron chi connectivity index (χ0n) is 6.14. The topological polar surface area (TPSA) is 90.1 Å². The van der Waals surface area contributed by atoms with Gasteiger partial charge in [0.15, 0.2) is 5.78 Å². The minimum Gasteiger partial charge on any atom is -0.293 e. The summed E-state index contributed by atoms with van der Waals surface area (Å²) in [6.07, 6.45) is 0. The first-order valence-corrected chi connectivity index (χ1v) is 5.33. The molecule has 1 heterocycles. The Morgan fingerprint density at radius 1 is 1.67 bits per heavy atom. The number of ketones is 1. The maximum Gasteiger partial charge on any atom is 0.265 e. The Kier molecular flexibility index (Phi) is 2.27. The van der Waals surface area contributed by atoms with Crippen molar-refractivity contribution in [2.75, 3.05) is 0 Å². The normalized spacial score (nSPS) is 11.5. The van der Waals surface area contributed by atoms with Crippen LogP contribution in [0.5, 0.6) is 0 Å². The molecule has 2 N–H and O–H groups in total. The van der Waals surface area contributed by atoms with Gasteiger partial charge in [-0.1, -0.05) is 0 Å². The van der Waals surface area contributed by atoms with Crippen LogP contribution >= 0.6 is 11.3 Å². The van der Waals surface area contributed by atoms with E-state index in [4.69, 9.17) is 5.14 Å². The standard InChI is InChI=1S/C5H6N2O3S2/c1-3(8)4-2-11-5(7-4)12(6,9)10/h2H,1H3,(H2,6,9,10). The number of sulfonamides is 1. The third-order valence-electron chi connectivity index (χ3n) is 1.09. The van der Waals surface area contributed by atoms with E-state index in [9.17, 15) is 13.2 Å². The second-order valence-corrected chi connectivity index (χ2v) is 4.69. The van der Waals surface area contributed by atoms with Crippen LogP contribution in [0.4, 0.5) is 0 Å². The van der Waals surface area contributed by atoms with Crippen LogP contribution in [0.25, 0.3) is 0 Å². The summed E-state index contributed by atoms with van der Waals surface area (Å²) in [5.74, 6) is -0.277. The monoisotopic (exact) mass is 206 g/mol. The third kappa shape index (κ3) is 1.87. The van der Waals surface area contributed by atoms with E-state index < -0.39 is 10.0 Å². The Hall–Kier alpha value is -0.790. The van der Waals surface area contributed by atoms with Gasteiger partial charge in [-0.15, -0.1) is 11.3 Å². The Bertz CT molecular complexity index is 406. The zero-order chi connectivity index (χ0) is 9.35. The van der Waals surface area contributed by atoms with E-state index in [0.717, 1.165) is 11.3 Å². The maximum atomic E-state index is 10.7. The number of aromatic nitrogens is 1. The molecule has 0 fully saturated rings. The molecule has 0 aromatic carbocycles. The van der Waals surface area contributed by atoms with Crippen molar-refractivity contribution in [3.63, 3.8) is 0 Å². The molecule has 0 radical (unpaired) electrons. The van der Waals surface area contributed by atoms with Crippen molar-refractivity contribution in [1.29, 1.82) is 0 Å². The molecule has 0 atom stereocenters. The van der Waals surface area contributed by atoms with Crippen LogP contribution in [0, 0.1) is 0 Å². The molecule has 1 aromatic heterocycles. The van der Waals surface area contributed by atoms with Crippen molar-refractivity contribution < 1.29 is 13.2 Å². The second-order valence-electron chi connectivity index (χ2n) is 2.10. The number of nitrogens with zero attached hydrogens (tertiary/aromatic N) is 1. The highest BCUT2D eigenvalue weighted by Gasteiger charge is 2.14. The van der Waals surface area contributed by atoms with Crippen molar-refractivity contribution in [1.82, 2.24) is 4.98 Å². The van der Waals surface area contributed by atoms with Gasteiger partial charge in [-0.2, -0.15) is 0 Å². The van der Waals surface area contributed by atoms with Gasteiger partial charge in [0, 0.05) is 12.3 Å². The number of Topliss-reactive ketones (excluding diaryl/α,β-unsaturated/α-hetero) is 1. The molecule has 7 heteroatoms. The van der Waals surface area contributed by atoms with E-state index >= 15 is 0 Å². The van der Waals surface area contributed by atoms with E-state index in [0.29, 0.717) is 0 Å². The second kappa shape index (κ2) is 2.92. The zero-order valence-corrected chi connectivity index (χ0v) is 7.78. The number of carbonyl (C=O) groups is 1. The summed E-state index contributed by atoms with van der Waals surface area (Å²) in [4.78, 5) is 14.2. The average molecular weight is 206 g/mol. The number of rotatable bonds is 2. The Morgan fingerprint density at radius 2 is 2.25 bits per heavy atom. The summed E-state index contributed by atoms with van der Waals surface area (Å²) in [5.41, 5.74) is 0.129. The van der Waals surface area contributed by atoms with E-state index in [-0.39, 0.29) is 15.8 Å². The van der Waals surface area contributed by atoms with Crippen molar-refractivity contribution in [3.8, 4) is 0 Å². The summed E-state index contributed by atoms with van der Waals surface area (Å²) >= 11 is 0.840. The minimum atomic E-state index is -3.76. The lowest BCUT2D eigenvalue weighted by Crippen LogP contribution is -2.12. The summed E-state index contributed by atoms with van der Waals surface area (Å²) in [7, 11) is -3.76. The highest BCUT2D eigenvalue weighted by atomic mass is 32.2. The van der Waals surface area contributed by atoms with E-state index in [2.05, 4.69) is 4.98 Å². The van der Waals surface area contributed by atoms with Gasteiger partial charge in [0.2, 0.25) is 4.34 Å². The predicted octanol–water partition coefficient (Wildman–Crippen LogP) is -0.00690. The van der Waals surface area contributed by atoms with Gasteiger partial charge in [0.25, 0.3) is 10.0 Å².